The highest BCUT2D eigenvalue weighted by Gasteiger charge is 2.12. The summed E-state index contributed by atoms with van der Waals surface area (Å²) in [5, 5.41) is 20.7. The predicted octanol–water partition coefficient (Wildman–Crippen LogP) is 1.70. The number of nitrogen functional groups attached to an aromatic ring is 1. The van der Waals surface area contributed by atoms with Gasteiger partial charge in [0.15, 0.2) is 5.82 Å². The molecule has 0 aliphatic carbocycles. The van der Waals surface area contributed by atoms with Crippen molar-refractivity contribution in [3.05, 3.63) is 66.7 Å². The Kier molecular flexibility index (Phi) is 4.66. The number of nitrogens with one attached hydrogen (secondary N) is 1. The van der Waals surface area contributed by atoms with Crippen LogP contribution in [0.25, 0.3) is 17.1 Å². The summed E-state index contributed by atoms with van der Waals surface area (Å²) in [5.41, 5.74) is 8.18. The molecule has 0 saturated carbocycles. The number of nitrogens with two attached hydrogens (primary N) is 2. The topological polar surface area (TPSA) is 155 Å². The average molecular weight is 408 g/mol. The SMILES string of the molecule is Nc1nc(Nc2ccc(S(N)(=O)=O)cc2)nn1-c1ccc(-c2ccccc2)nn1. The van der Waals surface area contributed by atoms with Crippen molar-refractivity contribution in [2.75, 3.05) is 11.1 Å². The highest BCUT2D eigenvalue weighted by atomic mass is 32.2. The molecule has 0 saturated heterocycles. The normalized spacial score (nSPS) is 11.3. The van der Waals surface area contributed by atoms with Crippen LogP contribution < -0.4 is 16.2 Å². The molecule has 0 amide bonds. The van der Waals surface area contributed by atoms with Gasteiger partial charge in [0.2, 0.25) is 21.9 Å². The molecule has 0 bridgehead atoms. The minimum Gasteiger partial charge on any atom is -0.368 e. The van der Waals surface area contributed by atoms with Crippen LogP contribution in [0.1, 0.15) is 0 Å². The fourth-order valence-electron chi connectivity index (χ4n) is 2.60. The number of nitrogens with zero attached hydrogens (tertiary/aromatic N) is 5. The smallest absolute Gasteiger partial charge is 0.248 e. The summed E-state index contributed by atoms with van der Waals surface area (Å²) < 4.78 is 24.0. The molecule has 146 valence electrons. The fourth-order valence-corrected chi connectivity index (χ4v) is 3.12. The summed E-state index contributed by atoms with van der Waals surface area (Å²) in [6.45, 7) is 0. The third-order valence-electron chi connectivity index (χ3n) is 4.01. The van der Waals surface area contributed by atoms with E-state index >= 15 is 0 Å². The zero-order chi connectivity index (χ0) is 20.4. The lowest BCUT2D eigenvalue weighted by atomic mass is 10.1. The van der Waals surface area contributed by atoms with E-state index in [0.29, 0.717) is 11.5 Å². The number of sulfonamides is 1. The molecular weight excluding hydrogens is 392 g/mol. The first kappa shape index (κ1) is 18.5. The second-order valence-corrected chi connectivity index (χ2v) is 7.60. The van der Waals surface area contributed by atoms with Crippen molar-refractivity contribution in [3.8, 4) is 17.1 Å². The molecule has 0 unspecified atom stereocenters. The minimum absolute atomic E-state index is 0.00910. The van der Waals surface area contributed by atoms with Gasteiger partial charge in [0, 0.05) is 11.3 Å². The molecule has 2 aromatic heterocycles. The number of primary sulfonamides is 1. The van der Waals surface area contributed by atoms with Gasteiger partial charge in [0.05, 0.1) is 10.6 Å². The molecule has 11 heteroatoms. The van der Waals surface area contributed by atoms with Crippen LogP contribution >= 0.6 is 0 Å². The molecule has 0 aliphatic heterocycles. The first-order chi connectivity index (χ1) is 13.9. The van der Waals surface area contributed by atoms with Crippen molar-refractivity contribution >= 4 is 27.6 Å². The van der Waals surface area contributed by atoms with Gasteiger partial charge in [-0.2, -0.15) is 9.67 Å². The van der Waals surface area contributed by atoms with Gasteiger partial charge in [-0.25, -0.2) is 13.6 Å². The second kappa shape index (κ2) is 7.30. The van der Waals surface area contributed by atoms with Crippen molar-refractivity contribution in [2.24, 2.45) is 5.14 Å². The Bertz CT molecular complexity index is 1240. The molecule has 29 heavy (non-hydrogen) atoms. The van der Waals surface area contributed by atoms with Crippen LogP contribution in [0.15, 0.2) is 71.6 Å². The van der Waals surface area contributed by atoms with Gasteiger partial charge in [-0.15, -0.1) is 15.3 Å². The van der Waals surface area contributed by atoms with Crippen LogP contribution in [-0.4, -0.2) is 33.4 Å². The molecule has 2 heterocycles. The standard InChI is InChI=1S/C18H16N8O2S/c19-17-22-18(21-13-6-8-14(9-7-13)29(20,27)28)25-26(17)16-11-10-15(23-24-16)12-4-2-1-3-5-12/h1-11H,(H2,20,27,28)(H3,19,21,22,25). The predicted molar refractivity (Wildman–Crippen MR) is 108 cm³/mol. The van der Waals surface area contributed by atoms with Gasteiger partial charge in [0.25, 0.3) is 0 Å². The van der Waals surface area contributed by atoms with Crippen LogP contribution in [-0.2, 0) is 10.0 Å². The number of hydrogen-bond donors (Lipinski definition) is 3. The van der Waals surface area contributed by atoms with Crippen LogP contribution in [0.5, 0.6) is 0 Å². The van der Waals surface area contributed by atoms with Crippen LogP contribution in [0.4, 0.5) is 17.6 Å². The average Bonchev–Trinajstić information content (AvgIpc) is 3.08. The first-order valence-corrected chi connectivity index (χ1v) is 9.97. The van der Waals surface area contributed by atoms with Gasteiger partial charge in [-0.1, -0.05) is 30.3 Å². The lowest BCUT2D eigenvalue weighted by Gasteiger charge is -2.04. The van der Waals surface area contributed by atoms with E-state index in [2.05, 4.69) is 25.6 Å². The molecule has 0 atom stereocenters. The van der Waals surface area contributed by atoms with E-state index in [1.807, 2.05) is 36.4 Å². The van der Waals surface area contributed by atoms with Gasteiger partial charge < -0.3 is 11.1 Å². The third-order valence-corrected chi connectivity index (χ3v) is 4.94. The quantitative estimate of drug-likeness (QED) is 0.451. The Hall–Kier alpha value is -3.83. The Morgan fingerprint density at radius 1 is 0.897 bits per heavy atom. The number of rotatable bonds is 5. The largest absolute Gasteiger partial charge is 0.368 e. The lowest BCUT2D eigenvalue weighted by Crippen LogP contribution is -2.11. The van der Waals surface area contributed by atoms with E-state index in [0.717, 1.165) is 11.3 Å². The summed E-state index contributed by atoms with van der Waals surface area (Å²) in [6, 6.07) is 19.1. The molecule has 0 spiro atoms. The Morgan fingerprint density at radius 3 is 2.24 bits per heavy atom. The zero-order valence-electron chi connectivity index (χ0n) is 15.0. The fraction of sp³-hybridized carbons (Fsp3) is 0. The molecular formula is C18H16N8O2S. The highest BCUT2D eigenvalue weighted by molar-refractivity contribution is 7.89. The van der Waals surface area contributed by atoms with Crippen molar-refractivity contribution in [1.29, 1.82) is 0 Å². The molecule has 10 nitrogen and oxygen atoms in total. The molecule has 4 rings (SSSR count). The van der Waals surface area contributed by atoms with Crippen molar-refractivity contribution in [2.45, 2.75) is 4.90 Å². The molecule has 2 aromatic carbocycles. The van der Waals surface area contributed by atoms with E-state index in [1.165, 1.54) is 16.8 Å². The number of benzene rings is 2. The molecule has 0 radical (unpaired) electrons. The summed E-state index contributed by atoms with van der Waals surface area (Å²) in [4.78, 5) is 4.15. The number of aromatic nitrogens is 5. The molecule has 0 aliphatic rings. The van der Waals surface area contributed by atoms with E-state index in [-0.39, 0.29) is 16.8 Å². The summed E-state index contributed by atoms with van der Waals surface area (Å²) in [5.74, 6) is 0.752. The highest BCUT2D eigenvalue weighted by Crippen LogP contribution is 2.20. The van der Waals surface area contributed by atoms with E-state index in [4.69, 9.17) is 10.9 Å². The summed E-state index contributed by atoms with van der Waals surface area (Å²) in [7, 11) is -3.75. The third kappa shape index (κ3) is 4.05. The van der Waals surface area contributed by atoms with E-state index < -0.39 is 10.0 Å². The second-order valence-electron chi connectivity index (χ2n) is 6.04. The summed E-state index contributed by atoms with van der Waals surface area (Å²) >= 11 is 0. The van der Waals surface area contributed by atoms with Crippen LogP contribution in [0.2, 0.25) is 0 Å². The Labute approximate surface area is 166 Å². The Balaban J connectivity index is 1.55. The zero-order valence-corrected chi connectivity index (χ0v) is 15.8. The van der Waals surface area contributed by atoms with Crippen LogP contribution in [0, 0.1) is 0 Å². The number of hydrogen-bond acceptors (Lipinski definition) is 8. The molecule has 5 N–H and O–H groups in total. The van der Waals surface area contributed by atoms with Crippen molar-refractivity contribution < 1.29 is 8.42 Å². The maximum atomic E-state index is 11.3. The molecule has 4 aromatic rings. The maximum absolute atomic E-state index is 11.3. The van der Waals surface area contributed by atoms with E-state index in [9.17, 15) is 8.42 Å². The van der Waals surface area contributed by atoms with Gasteiger partial charge in [0.1, 0.15) is 0 Å². The summed E-state index contributed by atoms with van der Waals surface area (Å²) in [6.07, 6.45) is 0. The van der Waals surface area contributed by atoms with Gasteiger partial charge >= 0.3 is 0 Å². The van der Waals surface area contributed by atoms with Gasteiger partial charge in [-0.3, -0.25) is 0 Å². The first-order valence-electron chi connectivity index (χ1n) is 8.42. The van der Waals surface area contributed by atoms with Crippen LogP contribution in [0.3, 0.4) is 0 Å². The minimum atomic E-state index is -3.75. The molecule has 0 fully saturated rings. The van der Waals surface area contributed by atoms with E-state index in [1.54, 1.807) is 18.2 Å². The number of anilines is 3. The maximum Gasteiger partial charge on any atom is 0.248 e. The monoisotopic (exact) mass is 408 g/mol. The van der Waals surface area contributed by atoms with Gasteiger partial charge in [-0.05, 0) is 36.4 Å². The lowest BCUT2D eigenvalue weighted by molar-refractivity contribution is 0.598. The van der Waals surface area contributed by atoms with Crippen molar-refractivity contribution in [1.82, 2.24) is 25.0 Å². The van der Waals surface area contributed by atoms with Crippen molar-refractivity contribution in [3.63, 3.8) is 0 Å². The Morgan fingerprint density at radius 2 is 1.62 bits per heavy atom.